The van der Waals surface area contributed by atoms with E-state index in [4.69, 9.17) is 11.6 Å². The first-order valence-corrected chi connectivity index (χ1v) is 14.1. The average molecular weight is 560 g/mol. The Morgan fingerprint density at radius 3 is 2.26 bits per heavy atom. The Kier molecular flexibility index (Phi) is 9.88. The van der Waals surface area contributed by atoms with E-state index in [2.05, 4.69) is 5.32 Å². The molecule has 38 heavy (non-hydrogen) atoms. The van der Waals surface area contributed by atoms with Gasteiger partial charge in [-0.05, 0) is 67.8 Å². The van der Waals surface area contributed by atoms with Gasteiger partial charge in [-0.15, -0.1) is 0 Å². The lowest BCUT2D eigenvalue weighted by Gasteiger charge is -2.33. The van der Waals surface area contributed by atoms with E-state index >= 15 is 0 Å². The molecular formula is C28H31ClFN3O4S. The number of hydrogen-bond donors (Lipinski definition) is 1. The lowest BCUT2D eigenvalue weighted by Crippen LogP contribution is -2.52. The van der Waals surface area contributed by atoms with Crippen LogP contribution in [0.5, 0.6) is 0 Å². The van der Waals surface area contributed by atoms with Gasteiger partial charge in [0.1, 0.15) is 18.4 Å². The molecule has 3 rings (SSSR count). The van der Waals surface area contributed by atoms with Crippen LogP contribution in [0, 0.1) is 12.7 Å². The van der Waals surface area contributed by atoms with Gasteiger partial charge in [0, 0.05) is 18.1 Å². The summed E-state index contributed by atoms with van der Waals surface area (Å²) < 4.78 is 42.2. The van der Waals surface area contributed by atoms with Crippen molar-refractivity contribution < 1.29 is 22.4 Å². The molecule has 0 aliphatic heterocycles. The van der Waals surface area contributed by atoms with E-state index < -0.39 is 34.3 Å². The summed E-state index contributed by atoms with van der Waals surface area (Å²) in [5.41, 5.74) is 1.45. The highest BCUT2D eigenvalue weighted by Gasteiger charge is 2.34. The highest BCUT2D eigenvalue weighted by atomic mass is 35.5. The maximum Gasteiger partial charge on any atom is 0.264 e. The number of amides is 2. The fraction of sp³-hybridized carbons (Fsp3) is 0.286. The van der Waals surface area contributed by atoms with Crippen molar-refractivity contribution in [3.63, 3.8) is 0 Å². The Balaban J connectivity index is 2.08. The normalized spacial score (nSPS) is 12.0. The molecule has 0 unspecified atom stereocenters. The highest BCUT2D eigenvalue weighted by molar-refractivity contribution is 7.92. The number of sulfonamides is 1. The second-order valence-corrected chi connectivity index (χ2v) is 11.0. The molecule has 202 valence electrons. The fourth-order valence-corrected chi connectivity index (χ4v) is 5.74. The number of halogens is 2. The van der Waals surface area contributed by atoms with E-state index in [1.807, 2.05) is 0 Å². The van der Waals surface area contributed by atoms with Gasteiger partial charge in [0.2, 0.25) is 11.8 Å². The smallest absolute Gasteiger partial charge is 0.264 e. The van der Waals surface area contributed by atoms with Crippen LogP contribution < -0.4 is 9.62 Å². The van der Waals surface area contributed by atoms with Crippen LogP contribution in [-0.4, -0.2) is 44.3 Å². The van der Waals surface area contributed by atoms with E-state index in [1.54, 1.807) is 51.1 Å². The minimum atomic E-state index is -4.19. The molecule has 0 saturated carbocycles. The van der Waals surface area contributed by atoms with Gasteiger partial charge in [0.15, 0.2) is 0 Å². The van der Waals surface area contributed by atoms with Crippen molar-refractivity contribution in [1.29, 1.82) is 0 Å². The topological polar surface area (TPSA) is 86.8 Å². The van der Waals surface area contributed by atoms with Crippen LogP contribution in [0.15, 0.2) is 77.7 Å². The Labute approximate surface area is 228 Å². The van der Waals surface area contributed by atoms with Crippen LogP contribution in [-0.2, 0) is 26.2 Å². The van der Waals surface area contributed by atoms with Crippen molar-refractivity contribution in [3.8, 4) is 0 Å². The monoisotopic (exact) mass is 559 g/mol. The van der Waals surface area contributed by atoms with Gasteiger partial charge >= 0.3 is 0 Å². The van der Waals surface area contributed by atoms with Crippen molar-refractivity contribution in [2.24, 2.45) is 0 Å². The van der Waals surface area contributed by atoms with Gasteiger partial charge in [-0.2, -0.15) is 0 Å². The number of likely N-dealkylation sites (N-methyl/N-ethyl adjacent to an activating group) is 1. The Morgan fingerprint density at radius 2 is 1.66 bits per heavy atom. The summed E-state index contributed by atoms with van der Waals surface area (Å²) in [6.45, 7) is 5.04. The molecule has 0 saturated heterocycles. The maximum atomic E-state index is 13.9. The second kappa shape index (κ2) is 12.9. The number of aryl methyl sites for hydroxylation is 1. The summed E-state index contributed by atoms with van der Waals surface area (Å²) in [5, 5.41) is 3.05. The van der Waals surface area contributed by atoms with E-state index in [9.17, 15) is 22.4 Å². The molecule has 0 heterocycles. The number of hydrogen-bond acceptors (Lipinski definition) is 4. The van der Waals surface area contributed by atoms with Gasteiger partial charge in [-0.3, -0.25) is 13.9 Å². The molecule has 0 aliphatic carbocycles. The first kappa shape index (κ1) is 29.1. The van der Waals surface area contributed by atoms with Gasteiger partial charge in [0.05, 0.1) is 10.6 Å². The Hall–Kier alpha value is -3.43. The van der Waals surface area contributed by atoms with Gasteiger partial charge < -0.3 is 10.2 Å². The van der Waals surface area contributed by atoms with Crippen molar-refractivity contribution in [2.75, 3.05) is 17.4 Å². The number of benzene rings is 3. The number of nitrogens with zero attached hydrogens (tertiary/aromatic N) is 2. The van der Waals surface area contributed by atoms with Crippen molar-refractivity contribution in [2.45, 2.75) is 44.7 Å². The molecule has 3 aromatic carbocycles. The molecule has 0 radical (unpaired) electrons. The first-order valence-electron chi connectivity index (χ1n) is 12.2. The molecule has 0 aliphatic rings. The van der Waals surface area contributed by atoms with Gasteiger partial charge in [-0.25, -0.2) is 12.8 Å². The molecule has 0 aromatic heterocycles. The minimum Gasteiger partial charge on any atom is -0.355 e. The molecular weight excluding hydrogens is 529 g/mol. The lowest BCUT2D eigenvalue weighted by molar-refractivity contribution is -0.140. The second-order valence-electron chi connectivity index (χ2n) is 8.72. The predicted molar refractivity (Wildman–Crippen MR) is 147 cm³/mol. The molecule has 2 amide bonds. The zero-order chi connectivity index (χ0) is 27.9. The molecule has 1 atom stereocenters. The summed E-state index contributed by atoms with van der Waals surface area (Å²) in [6, 6.07) is 17.3. The van der Waals surface area contributed by atoms with Gasteiger partial charge in [0.25, 0.3) is 10.0 Å². The fourth-order valence-electron chi connectivity index (χ4n) is 4.08. The number of rotatable bonds is 11. The Morgan fingerprint density at radius 1 is 1.00 bits per heavy atom. The van der Waals surface area contributed by atoms with Crippen LogP contribution in [0.4, 0.5) is 10.1 Å². The minimum absolute atomic E-state index is 0.00743. The summed E-state index contributed by atoms with van der Waals surface area (Å²) in [4.78, 5) is 28.2. The summed E-state index contributed by atoms with van der Waals surface area (Å²) in [7, 11) is -4.19. The lowest BCUT2D eigenvalue weighted by atomic mass is 10.1. The molecule has 0 fully saturated rings. The number of carbonyl (C=O) groups is 2. The molecule has 10 heteroatoms. The van der Waals surface area contributed by atoms with E-state index in [-0.39, 0.29) is 23.0 Å². The van der Waals surface area contributed by atoms with Crippen LogP contribution in [0.2, 0.25) is 5.02 Å². The molecule has 0 spiro atoms. The standard InChI is InChI=1S/C28H31ClFN3O4S/c1-4-25(28(35)31-5-2)32(18-21-12-15-23(30)16-13-21)27(34)19-33(26-17-22(29)14-11-20(26)3)38(36,37)24-9-7-6-8-10-24/h6-17,25H,4-5,18-19H2,1-3H3,(H,31,35)/t25-/m1/s1. The van der Waals surface area contributed by atoms with Crippen LogP contribution >= 0.6 is 11.6 Å². The molecule has 7 nitrogen and oxygen atoms in total. The van der Waals surface area contributed by atoms with Crippen molar-refractivity contribution in [1.82, 2.24) is 10.2 Å². The van der Waals surface area contributed by atoms with Gasteiger partial charge in [-0.1, -0.05) is 54.9 Å². The van der Waals surface area contributed by atoms with E-state index in [1.165, 1.54) is 47.4 Å². The zero-order valence-electron chi connectivity index (χ0n) is 21.5. The van der Waals surface area contributed by atoms with E-state index in [0.717, 1.165) is 4.31 Å². The van der Waals surface area contributed by atoms with Crippen molar-refractivity contribution in [3.05, 3.63) is 94.8 Å². The number of carbonyl (C=O) groups excluding carboxylic acids is 2. The summed E-state index contributed by atoms with van der Waals surface area (Å²) >= 11 is 6.23. The Bertz CT molecular complexity index is 1370. The molecule has 3 aromatic rings. The van der Waals surface area contributed by atoms with Crippen LogP contribution in [0.1, 0.15) is 31.4 Å². The number of nitrogens with one attached hydrogen (secondary N) is 1. The quantitative estimate of drug-likeness (QED) is 0.361. The first-order chi connectivity index (χ1) is 18.1. The largest absolute Gasteiger partial charge is 0.355 e. The summed E-state index contributed by atoms with van der Waals surface area (Å²) in [5.74, 6) is -1.38. The molecule has 0 bridgehead atoms. The maximum absolute atomic E-state index is 13.9. The van der Waals surface area contributed by atoms with Crippen molar-refractivity contribution >= 4 is 39.1 Å². The third-order valence-corrected chi connectivity index (χ3v) is 8.06. The summed E-state index contributed by atoms with van der Waals surface area (Å²) in [6.07, 6.45) is 0.292. The average Bonchev–Trinajstić information content (AvgIpc) is 2.90. The molecule has 1 N–H and O–H groups in total. The van der Waals surface area contributed by atoms with Crippen LogP contribution in [0.3, 0.4) is 0 Å². The van der Waals surface area contributed by atoms with Crippen LogP contribution in [0.25, 0.3) is 0 Å². The third-order valence-electron chi connectivity index (χ3n) is 6.05. The SMILES string of the molecule is CCNC(=O)[C@@H](CC)N(Cc1ccc(F)cc1)C(=O)CN(c1cc(Cl)ccc1C)S(=O)(=O)c1ccccc1. The third kappa shape index (κ3) is 6.90. The highest BCUT2D eigenvalue weighted by Crippen LogP contribution is 2.30. The predicted octanol–water partition coefficient (Wildman–Crippen LogP) is 4.93. The van der Waals surface area contributed by atoms with E-state index in [0.29, 0.717) is 29.1 Å². The number of anilines is 1. The zero-order valence-corrected chi connectivity index (χ0v) is 23.1.